The second-order valence-electron chi connectivity index (χ2n) is 3.74. The lowest BCUT2D eigenvalue weighted by molar-refractivity contribution is 0.0697. The minimum Gasteiger partial charge on any atom is -0.478 e. The smallest absolute Gasteiger partial charge is 0.337 e. The Hall–Kier alpha value is -2.07. The summed E-state index contributed by atoms with van der Waals surface area (Å²) >= 11 is 5.82. The molecule has 1 N–H and O–H groups in total. The Kier molecular flexibility index (Phi) is 3.48. The van der Waals surface area contributed by atoms with Crippen LogP contribution in [0.15, 0.2) is 42.7 Å². The third kappa shape index (κ3) is 2.43. The molecule has 4 nitrogen and oxygen atoms in total. The van der Waals surface area contributed by atoms with Gasteiger partial charge in [0.1, 0.15) is 0 Å². The van der Waals surface area contributed by atoms with E-state index in [0.717, 1.165) is 5.69 Å². The van der Waals surface area contributed by atoms with Crippen LogP contribution in [0.25, 0.3) is 0 Å². The molecule has 2 rings (SSSR count). The molecule has 5 heteroatoms. The van der Waals surface area contributed by atoms with Crippen LogP contribution in [0.4, 0.5) is 11.4 Å². The van der Waals surface area contributed by atoms with Crippen molar-refractivity contribution in [3.63, 3.8) is 0 Å². The fourth-order valence-corrected chi connectivity index (χ4v) is 1.84. The SMILES string of the molecule is CN(c1cccnc1)c1ccc(Cl)cc1C(=O)O. The van der Waals surface area contributed by atoms with E-state index in [4.69, 9.17) is 11.6 Å². The number of nitrogens with zero attached hydrogens (tertiary/aromatic N) is 2. The predicted octanol–water partition coefficient (Wildman–Crippen LogP) is 3.20. The summed E-state index contributed by atoms with van der Waals surface area (Å²) in [5.41, 5.74) is 1.54. The predicted molar refractivity (Wildman–Crippen MR) is 70.7 cm³/mol. The maximum absolute atomic E-state index is 11.2. The number of aromatic nitrogens is 1. The molecule has 18 heavy (non-hydrogen) atoms. The lowest BCUT2D eigenvalue weighted by Gasteiger charge is -2.21. The third-order valence-electron chi connectivity index (χ3n) is 2.58. The van der Waals surface area contributed by atoms with Crippen molar-refractivity contribution >= 4 is 28.9 Å². The molecule has 0 spiro atoms. The topological polar surface area (TPSA) is 53.4 Å². The highest BCUT2D eigenvalue weighted by Crippen LogP contribution is 2.28. The Bertz CT molecular complexity index is 572. The Morgan fingerprint density at radius 3 is 2.78 bits per heavy atom. The van der Waals surface area contributed by atoms with Gasteiger partial charge in [0.25, 0.3) is 0 Å². The molecule has 1 aromatic carbocycles. The van der Waals surface area contributed by atoms with E-state index >= 15 is 0 Å². The summed E-state index contributed by atoms with van der Waals surface area (Å²) in [5, 5.41) is 9.58. The summed E-state index contributed by atoms with van der Waals surface area (Å²) in [6, 6.07) is 8.43. The average Bonchev–Trinajstić information content (AvgIpc) is 2.39. The molecule has 0 aliphatic heterocycles. The highest BCUT2D eigenvalue weighted by Gasteiger charge is 2.15. The molecule has 0 saturated carbocycles. The van der Waals surface area contributed by atoms with Gasteiger partial charge < -0.3 is 10.0 Å². The number of benzene rings is 1. The van der Waals surface area contributed by atoms with Crippen molar-refractivity contribution < 1.29 is 9.90 Å². The van der Waals surface area contributed by atoms with E-state index in [1.54, 1.807) is 42.5 Å². The van der Waals surface area contributed by atoms with Crippen LogP contribution in [0.5, 0.6) is 0 Å². The number of rotatable bonds is 3. The van der Waals surface area contributed by atoms with Crippen molar-refractivity contribution in [2.75, 3.05) is 11.9 Å². The first kappa shape index (κ1) is 12.4. The van der Waals surface area contributed by atoms with Gasteiger partial charge in [-0.25, -0.2) is 4.79 Å². The second kappa shape index (κ2) is 5.06. The van der Waals surface area contributed by atoms with E-state index in [1.165, 1.54) is 6.07 Å². The Morgan fingerprint density at radius 1 is 1.39 bits per heavy atom. The molecular weight excluding hydrogens is 252 g/mol. The monoisotopic (exact) mass is 262 g/mol. The normalized spacial score (nSPS) is 10.1. The van der Waals surface area contributed by atoms with E-state index in [-0.39, 0.29) is 5.56 Å². The highest BCUT2D eigenvalue weighted by molar-refractivity contribution is 6.31. The number of anilines is 2. The standard InChI is InChI=1S/C13H11ClN2O2/c1-16(10-3-2-6-15-8-10)12-5-4-9(14)7-11(12)13(17)18/h2-8H,1H3,(H,17,18). The molecule has 0 amide bonds. The molecule has 0 aliphatic carbocycles. The van der Waals surface area contributed by atoms with E-state index < -0.39 is 5.97 Å². The average molecular weight is 263 g/mol. The molecule has 0 fully saturated rings. The lowest BCUT2D eigenvalue weighted by atomic mass is 10.1. The van der Waals surface area contributed by atoms with Crippen molar-refractivity contribution in [3.8, 4) is 0 Å². The molecular formula is C13H11ClN2O2. The maximum atomic E-state index is 11.2. The number of aromatic carboxylic acids is 1. The molecule has 1 aromatic heterocycles. The first-order chi connectivity index (χ1) is 8.59. The van der Waals surface area contributed by atoms with Crippen LogP contribution in [-0.2, 0) is 0 Å². The van der Waals surface area contributed by atoms with Crippen LogP contribution in [0.1, 0.15) is 10.4 Å². The molecule has 0 bridgehead atoms. The molecule has 0 saturated heterocycles. The quantitative estimate of drug-likeness (QED) is 0.923. The van der Waals surface area contributed by atoms with Gasteiger partial charge >= 0.3 is 5.97 Å². The van der Waals surface area contributed by atoms with Gasteiger partial charge in [-0.2, -0.15) is 0 Å². The van der Waals surface area contributed by atoms with Gasteiger partial charge in [0, 0.05) is 18.3 Å². The van der Waals surface area contributed by atoms with E-state index in [0.29, 0.717) is 10.7 Å². The molecule has 2 aromatic rings. The summed E-state index contributed by atoms with van der Waals surface area (Å²) in [6.07, 6.45) is 3.33. The molecule has 0 unspecified atom stereocenters. The van der Waals surface area contributed by atoms with E-state index in [1.807, 2.05) is 6.07 Å². The molecule has 0 radical (unpaired) electrons. The minimum atomic E-state index is -1.01. The van der Waals surface area contributed by atoms with E-state index in [9.17, 15) is 9.90 Å². The van der Waals surface area contributed by atoms with Crippen molar-refractivity contribution in [1.29, 1.82) is 0 Å². The van der Waals surface area contributed by atoms with Gasteiger partial charge in [0.2, 0.25) is 0 Å². The van der Waals surface area contributed by atoms with Crippen LogP contribution in [0.3, 0.4) is 0 Å². The minimum absolute atomic E-state index is 0.161. The second-order valence-corrected chi connectivity index (χ2v) is 4.17. The zero-order valence-electron chi connectivity index (χ0n) is 9.67. The van der Waals surface area contributed by atoms with Gasteiger partial charge in [-0.1, -0.05) is 11.6 Å². The highest BCUT2D eigenvalue weighted by atomic mass is 35.5. The zero-order chi connectivity index (χ0) is 13.1. The van der Waals surface area contributed by atoms with Crippen molar-refractivity contribution in [1.82, 2.24) is 4.98 Å². The van der Waals surface area contributed by atoms with Crippen LogP contribution in [-0.4, -0.2) is 23.1 Å². The maximum Gasteiger partial charge on any atom is 0.337 e. The van der Waals surface area contributed by atoms with E-state index in [2.05, 4.69) is 4.98 Å². The number of halogens is 1. The zero-order valence-corrected chi connectivity index (χ0v) is 10.4. The lowest BCUT2D eigenvalue weighted by Crippen LogP contribution is -2.14. The third-order valence-corrected chi connectivity index (χ3v) is 2.82. The number of hydrogen-bond acceptors (Lipinski definition) is 3. The van der Waals surface area contributed by atoms with Crippen molar-refractivity contribution in [3.05, 3.63) is 53.3 Å². The summed E-state index contributed by atoms with van der Waals surface area (Å²) in [6.45, 7) is 0. The number of carboxylic acids is 1. The Balaban J connectivity index is 2.48. The summed E-state index contributed by atoms with van der Waals surface area (Å²) < 4.78 is 0. The van der Waals surface area contributed by atoms with Crippen LogP contribution < -0.4 is 4.90 Å². The Labute approximate surface area is 109 Å². The van der Waals surface area contributed by atoms with Gasteiger partial charge in [-0.05, 0) is 30.3 Å². The first-order valence-electron chi connectivity index (χ1n) is 5.26. The van der Waals surface area contributed by atoms with Gasteiger partial charge in [0.15, 0.2) is 0 Å². The Morgan fingerprint density at radius 2 is 2.17 bits per heavy atom. The van der Waals surface area contributed by atoms with Crippen molar-refractivity contribution in [2.45, 2.75) is 0 Å². The number of carboxylic acid groups (broad SMARTS) is 1. The van der Waals surface area contributed by atoms with Crippen LogP contribution in [0.2, 0.25) is 5.02 Å². The van der Waals surface area contributed by atoms with Crippen molar-refractivity contribution in [2.24, 2.45) is 0 Å². The number of hydrogen-bond donors (Lipinski definition) is 1. The molecule has 0 aliphatic rings. The van der Waals surface area contributed by atoms with Crippen LogP contribution in [0, 0.1) is 0 Å². The molecule has 1 heterocycles. The summed E-state index contributed by atoms with van der Waals surface area (Å²) in [5.74, 6) is -1.01. The molecule has 0 atom stereocenters. The summed E-state index contributed by atoms with van der Waals surface area (Å²) in [7, 11) is 1.78. The van der Waals surface area contributed by atoms with Crippen LogP contribution >= 0.6 is 11.6 Å². The largest absolute Gasteiger partial charge is 0.478 e. The number of pyridine rings is 1. The van der Waals surface area contributed by atoms with Gasteiger partial charge in [0.05, 0.1) is 23.1 Å². The van der Waals surface area contributed by atoms with Gasteiger partial charge in [-0.3, -0.25) is 4.98 Å². The fourth-order valence-electron chi connectivity index (χ4n) is 1.66. The molecule has 92 valence electrons. The van der Waals surface area contributed by atoms with Gasteiger partial charge in [-0.15, -0.1) is 0 Å². The first-order valence-corrected chi connectivity index (χ1v) is 5.64. The fraction of sp³-hybridized carbons (Fsp3) is 0.0769. The summed E-state index contributed by atoms with van der Waals surface area (Å²) in [4.78, 5) is 17.0. The number of carbonyl (C=O) groups is 1.